The molecule has 3 aromatic carbocycles. The van der Waals surface area contributed by atoms with Gasteiger partial charge in [0.1, 0.15) is 0 Å². The third kappa shape index (κ3) is 4.06. The summed E-state index contributed by atoms with van der Waals surface area (Å²) in [5, 5.41) is 0. The van der Waals surface area contributed by atoms with Crippen LogP contribution in [0.4, 0.5) is 0 Å². The van der Waals surface area contributed by atoms with Crippen LogP contribution in [0.3, 0.4) is 0 Å². The van der Waals surface area contributed by atoms with Crippen molar-refractivity contribution in [3.63, 3.8) is 0 Å². The second kappa shape index (κ2) is 9.47. The molecule has 0 unspecified atom stereocenters. The summed E-state index contributed by atoms with van der Waals surface area (Å²) in [4.78, 5) is 18.6. The summed E-state index contributed by atoms with van der Waals surface area (Å²) in [6.07, 6.45) is 4.23. The second-order valence-electron chi connectivity index (χ2n) is 8.25. The predicted molar refractivity (Wildman–Crippen MR) is 137 cm³/mol. The average molecular weight is 464 g/mol. The zero-order chi connectivity index (χ0) is 24.4. The first-order valence-electron chi connectivity index (χ1n) is 11.3. The minimum Gasteiger partial charge on any atom is -0.493 e. The standard InChI is InChI=1S/C30H25NO4/c1-33-24-15-19(16-25(34-2)30(24)35-3)14-22-17-23-18-31-28(21-12-8-5-9-13-21)26(27(23)29(22)32)20-10-6-4-7-11-20/h4-16,18H,17H2,1-3H3. The van der Waals surface area contributed by atoms with Gasteiger partial charge in [-0.25, -0.2) is 0 Å². The molecular formula is C30H25NO4. The molecule has 0 atom stereocenters. The largest absolute Gasteiger partial charge is 0.493 e. The van der Waals surface area contributed by atoms with Crippen molar-refractivity contribution in [2.75, 3.05) is 21.3 Å². The molecule has 0 saturated carbocycles. The topological polar surface area (TPSA) is 57.7 Å². The molecule has 0 spiro atoms. The van der Waals surface area contributed by atoms with E-state index in [0.717, 1.165) is 33.5 Å². The number of pyridine rings is 1. The molecule has 0 amide bonds. The molecule has 0 fully saturated rings. The number of benzene rings is 3. The molecular weight excluding hydrogens is 438 g/mol. The highest BCUT2D eigenvalue weighted by Crippen LogP contribution is 2.42. The molecule has 1 aromatic heterocycles. The van der Waals surface area contributed by atoms with Crippen molar-refractivity contribution >= 4 is 11.9 Å². The Kier molecular flexibility index (Phi) is 6.06. The van der Waals surface area contributed by atoms with E-state index >= 15 is 0 Å². The van der Waals surface area contributed by atoms with Crippen molar-refractivity contribution < 1.29 is 19.0 Å². The van der Waals surface area contributed by atoms with E-state index in [-0.39, 0.29) is 5.78 Å². The van der Waals surface area contributed by atoms with Gasteiger partial charge in [0.2, 0.25) is 5.75 Å². The van der Waals surface area contributed by atoms with E-state index in [1.165, 1.54) is 0 Å². The van der Waals surface area contributed by atoms with Gasteiger partial charge in [-0.2, -0.15) is 0 Å². The Labute approximate surface area is 204 Å². The monoisotopic (exact) mass is 463 g/mol. The van der Waals surface area contributed by atoms with Crippen molar-refractivity contribution in [3.8, 4) is 39.6 Å². The van der Waals surface area contributed by atoms with Gasteiger partial charge in [-0.3, -0.25) is 9.78 Å². The summed E-state index contributed by atoms with van der Waals surface area (Å²) in [7, 11) is 4.72. The Hall–Kier alpha value is -4.38. The van der Waals surface area contributed by atoms with Crippen LogP contribution in [-0.4, -0.2) is 32.1 Å². The van der Waals surface area contributed by atoms with Gasteiger partial charge in [0.25, 0.3) is 0 Å². The number of methoxy groups -OCH3 is 3. The third-order valence-electron chi connectivity index (χ3n) is 6.19. The lowest BCUT2D eigenvalue weighted by Gasteiger charge is -2.14. The first kappa shape index (κ1) is 22.4. The number of allylic oxidation sites excluding steroid dienone is 1. The number of Topliss-reactive ketones (excluding diaryl/α,β-unsaturated/α-hetero) is 1. The SMILES string of the molecule is COc1cc(C=C2Cc3cnc(-c4ccccc4)c(-c4ccccc4)c3C2=O)cc(OC)c1OC. The molecule has 1 aliphatic rings. The summed E-state index contributed by atoms with van der Waals surface area (Å²) in [5.41, 5.74) is 6.75. The molecule has 0 bridgehead atoms. The number of hydrogen-bond donors (Lipinski definition) is 0. The van der Waals surface area contributed by atoms with Crippen molar-refractivity contribution in [1.82, 2.24) is 4.98 Å². The van der Waals surface area contributed by atoms with Crippen LogP contribution in [-0.2, 0) is 6.42 Å². The zero-order valence-corrected chi connectivity index (χ0v) is 19.9. The molecule has 1 heterocycles. The molecule has 0 radical (unpaired) electrons. The van der Waals surface area contributed by atoms with Gasteiger partial charge < -0.3 is 14.2 Å². The van der Waals surface area contributed by atoms with Crippen molar-refractivity contribution in [3.05, 3.63) is 101 Å². The van der Waals surface area contributed by atoms with Crippen LogP contribution in [0.2, 0.25) is 0 Å². The molecule has 4 aromatic rings. The lowest BCUT2D eigenvalue weighted by molar-refractivity contribution is 0.104. The number of carbonyl (C=O) groups excluding carboxylic acids is 1. The number of ketones is 1. The molecule has 0 saturated heterocycles. The highest BCUT2D eigenvalue weighted by atomic mass is 16.5. The van der Waals surface area contributed by atoms with Crippen LogP contribution in [0.1, 0.15) is 21.5 Å². The highest BCUT2D eigenvalue weighted by Gasteiger charge is 2.31. The second-order valence-corrected chi connectivity index (χ2v) is 8.25. The maximum absolute atomic E-state index is 13.8. The number of fused-ring (bicyclic) bond motifs is 1. The Morgan fingerprint density at radius 1 is 0.771 bits per heavy atom. The van der Waals surface area contributed by atoms with Gasteiger partial charge in [-0.15, -0.1) is 0 Å². The summed E-state index contributed by atoms with van der Waals surface area (Å²) in [6, 6.07) is 23.7. The van der Waals surface area contributed by atoms with Gasteiger partial charge in [-0.1, -0.05) is 60.7 Å². The van der Waals surface area contributed by atoms with E-state index in [2.05, 4.69) is 0 Å². The van der Waals surface area contributed by atoms with Crippen LogP contribution in [0.5, 0.6) is 17.2 Å². The van der Waals surface area contributed by atoms with E-state index in [1.54, 1.807) is 21.3 Å². The van der Waals surface area contributed by atoms with Gasteiger partial charge >= 0.3 is 0 Å². The van der Waals surface area contributed by atoms with E-state index in [9.17, 15) is 4.79 Å². The molecule has 5 nitrogen and oxygen atoms in total. The van der Waals surface area contributed by atoms with Gasteiger partial charge in [-0.05, 0) is 34.9 Å². The molecule has 35 heavy (non-hydrogen) atoms. The van der Waals surface area contributed by atoms with Crippen molar-refractivity contribution in [1.29, 1.82) is 0 Å². The molecule has 0 N–H and O–H groups in total. The minimum absolute atomic E-state index is 0.00665. The first-order chi connectivity index (χ1) is 17.1. The molecule has 1 aliphatic carbocycles. The van der Waals surface area contributed by atoms with Gasteiger partial charge in [0.15, 0.2) is 17.3 Å². The number of aromatic nitrogens is 1. The van der Waals surface area contributed by atoms with E-state index in [1.807, 2.05) is 85.1 Å². The number of carbonyl (C=O) groups is 1. The lowest BCUT2D eigenvalue weighted by atomic mass is 9.92. The van der Waals surface area contributed by atoms with Crippen molar-refractivity contribution in [2.45, 2.75) is 6.42 Å². The van der Waals surface area contributed by atoms with E-state index < -0.39 is 0 Å². The number of rotatable bonds is 6. The Balaban J connectivity index is 1.65. The molecule has 0 aliphatic heterocycles. The predicted octanol–water partition coefficient (Wildman–Crippen LogP) is 6.26. The smallest absolute Gasteiger partial charge is 0.203 e. The third-order valence-corrected chi connectivity index (χ3v) is 6.19. The van der Waals surface area contributed by atoms with Crippen molar-refractivity contribution in [2.24, 2.45) is 0 Å². The number of ether oxygens (including phenoxy) is 3. The Morgan fingerprint density at radius 3 is 1.94 bits per heavy atom. The fourth-order valence-corrected chi connectivity index (χ4v) is 4.59. The molecule has 5 rings (SSSR count). The Bertz CT molecular complexity index is 1400. The van der Waals surface area contributed by atoms with Gasteiger partial charge in [0, 0.05) is 34.9 Å². The first-order valence-corrected chi connectivity index (χ1v) is 11.3. The summed E-state index contributed by atoms with van der Waals surface area (Å²) in [6.45, 7) is 0. The minimum atomic E-state index is 0.00665. The maximum atomic E-state index is 13.8. The summed E-state index contributed by atoms with van der Waals surface area (Å²) < 4.78 is 16.4. The summed E-state index contributed by atoms with van der Waals surface area (Å²) in [5.74, 6) is 1.60. The maximum Gasteiger partial charge on any atom is 0.203 e. The van der Waals surface area contributed by atoms with E-state index in [0.29, 0.717) is 34.8 Å². The van der Waals surface area contributed by atoms with Crippen LogP contribution in [0, 0.1) is 0 Å². The lowest BCUT2D eigenvalue weighted by Crippen LogP contribution is -2.02. The normalized spacial score (nSPS) is 13.6. The van der Waals surface area contributed by atoms with Gasteiger partial charge in [0.05, 0.1) is 27.0 Å². The van der Waals surface area contributed by atoms with Crippen LogP contribution < -0.4 is 14.2 Å². The van der Waals surface area contributed by atoms with Crippen LogP contribution >= 0.6 is 0 Å². The molecule has 174 valence electrons. The van der Waals surface area contributed by atoms with E-state index in [4.69, 9.17) is 19.2 Å². The fourth-order valence-electron chi connectivity index (χ4n) is 4.59. The number of hydrogen-bond acceptors (Lipinski definition) is 5. The van der Waals surface area contributed by atoms with Crippen LogP contribution in [0.25, 0.3) is 28.5 Å². The number of nitrogens with zero attached hydrogens (tertiary/aromatic N) is 1. The highest BCUT2D eigenvalue weighted by molar-refractivity contribution is 6.20. The quantitative estimate of drug-likeness (QED) is 0.316. The fraction of sp³-hybridized carbons (Fsp3) is 0.133. The Morgan fingerprint density at radius 2 is 1.37 bits per heavy atom. The average Bonchev–Trinajstić information content (AvgIpc) is 3.23. The molecule has 5 heteroatoms. The summed E-state index contributed by atoms with van der Waals surface area (Å²) >= 11 is 0. The zero-order valence-electron chi connectivity index (χ0n) is 19.9. The van der Waals surface area contributed by atoms with Crippen LogP contribution in [0.15, 0.2) is 84.6 Å².